The molecular formula is C15H15Br. The normalized spacial score (nSPS) is 17.9. The van der Waals surface area contributed by atoms with E-state index >= 15 is 0 Å². The Morgan fingerprint density at radius 1 is 1.25 bits per heavy atom. The zero-order valence-corrected chi connectivity index (χ0v) is 11.2. The number of halogens is 1. The Kier molecular flexibility index (Phi) is 2.90. The van der Waals surface area contributed by atoms with Crippen LogP contribution in [0.2, 0.25) is 0 Å². The van der Waals surface area contributed by atoms with Gasteiger partial charge in [0, 0.05) is 5.41 Å². The van der Waals surface area contributed by atoms with Crippen molar-refractivity contribution >= 4 is 21.5 Å². The van der Waals surface area contributed by atoms with Crippen LogP contribution in [-0.2, 0) is 5.41 Å². The first-order chi connectivity index (χ1) is 7.62. The number of rotatable bonds is 2. The van der Waals surface area contributed by atoms with Crippen LogP contribution in [0, 0.1) is 0 Å². The number of allylic oxidation sites excluding steroid dienone is 4. The van der Waals surface area contributed by atoms with Gasteiger partial charge in [0.2, 0.25) is 0 Å². The molecule has 0 radical (unpaired) electrons. The predicted octanol–water partition coefficient (Wildman–Crippen LogP) is 4.83. The van der Waals surface area contributed by atoms with E-state index in [2.05, 4.69) is 66.7 Å². The van der Waals surface area contributed by atoms with E-state index in [9.17, 15) is 0 Å². The molecule has 0 fully saturated rings. The summed E-state index contributed by atoms with van der Waals surface area (Å²) in [5, 5.41) is 0. The minimum absolute atomic E-state index is 0.0599. The molecule has 0 aromatic heterocycles. The molecular weight excluding hydrogens is 260 g/mol. The standard InChI is InChI=1S/C15H15Br/c1-4-11-12-7-5-6-8-13(12)15(2,3)14(11)9-10-16/h4-10H,1H2,2-3H3/b10-9+. The van der Waals surface area contributed by atoms with Gasteiger partial charge in [0.25, 0.3) is 0 Å². The van der Waals surface area contributed by atoms with Gasteiger partial charge in [-0.1, -0.05) is 72.8 Å². The Hall–Kier alpha value is -1.08. The zero-order chi connectivity index (χ0) is 11.8. The lowest BCUT2D eigenvalue weighted by Crippen LogP contribution is -2.15. The monoisotopic (exact) mass is 274 g/mol. The number of benzene rings is 1. The summed E-state index contributed by atoms with van der Waals surface area (Å²) in [7, 11) is 0. The number of hydrogen-bond donors (Lipinski definition) is 0. The Bertz CT molecular complexity index is 490. The molecule has 16 heavy (non-hydrogen) atoms. The molecule has 0 saturated heterocycles. The molecule has 1 aromatic carbocycles. The molecule has 0 amide bonds. The molecule has 1 aromatic rings. The highest BCUT2D eigenvalue weighted by molar-refractivity contribution is 9.11. The summed E-state index contributed by atoms with van der Waals surface area (Å²) in [6.07, 6.45) is 4.08. The molecule has 0 nitrogen and oxygen atoms in total. The van der Waals surface area contributed by atoms with Crippen molar-refractivity contribution in [2.24, 2.45) is 0 Å². The quantitative estimate of drug-likeness (QED) is 0.725. The molecule has 1 aliphatic carbocycles. The molecule has 0 heterocycles. The van der Waals surface area contributed by atoms with Gasteiger partial charge < -0.3 is 0 Å². The van der Waals surface area contributed by atoms with E-state index in [-0.39, 0.29) is 5.41 Å². The van der Waals surface area contributed by atoms with Crippen LogP contribution in [0.4, 0.5) is 0 Å². The molecule has 0 N–H and O–H groups in total. The molecule has 0 saturated carbocycles. The predicted molar refractivity (Wildman–Crippen MR) is 74.7 cm³/mol. The van der Waals surface area contributed by atoms with Gasteiger partial charge in [0.1, 0.15) is 0 Å². The first-order valence-corrected chi connectivity index (χ1v) is 6.28. The molecule has 0 aliphatic heterocycles. The van der Waals surface area contributed by atoms with E-state index in [4.69, 9.17) is 0 Å². The second-order valence-corrected chi connectivity index (χ2v) is 5.02. The van der Waals surface area contributed by atoms with E-state index in [1.807, 2.05) is 11.1 Å². The fourth-order valence-corrected chi connectivity index (χ4v) is 2.74. The van der Waals surface area contributed by atoms with Crippen LogP contribution in [0.1, 0.15) is 25.0 Å². The van der Waals surface area contributed by atoms with Crippen molar-refractivity contribution in [3.8, 4) is 0 Å². The summed E-state index contributed by atoms with van der Waals surface area (Å²) in [5.41, 5.74) is 5.31. The van der Waals surface area contributed by atoms with Crippen LogP contribution in [0.3, 0.4) is 0 Å². The molecule has 0 spiro atoms. The Morgan fingerprint density at radius 2 is 1.94 bits per heavy atom. The molecule has 2 rings (SSSR count). The maximum atomic E-state index is 3.93. The Balaban J connectivity index is 2.74. The summed E-state index contributed by atoms with van der Waals surface area (Å²) >= 11 is 3.36. The van der Waals surface area contributed by atoms with Gasteiger partial charge >= 0.3 is 0 Å². The van der Waals surface area contributed by atoms with Crippen LogP contribution in [-0.4, -0.2) is 0 Å². The molecule has 1 heteroatoms. The zero-order valence-electron chi connectivity index (χ0n) is 9.63. The van der Waals surface area contributed by atoms with Gasteiger partial charge in [-0.25, -0.2) is 0 Å². The smallest absolute Gasteiger partial charge is 0.0159 e. The van der Waals surface area contributed by atoms with E-state index < -0.39 is 0 Å². The average Bonchev–Trinajstić information content (AvgIpc) is 2.49. The van der Waals surface area contributed by atoms with Gasteiger partial charge in [0.05, 0.1) is 0 Å². The largest absolute Gasteiger partial charge is 0.0984 e. The molecule has 0 unspecified atom stereocenters. The van der Waals surface area contributed by atoms with Crippen LogP contribution < -0.4 is 0 Å². The molecule has 0 atom stereocenters. The van der Waals surface area contributed by atoms with Crippen molar-refractivity contribution < 1.29 is 0 Å². The van der Waals surface area contributed by atoms with Gasteiger partial charge in [-0.15, -0.1) is 0 Å². The third-order valence-electron chi connectivity index (χ3n) is 3.29. The first-order valence-electron chi connectivity index (χ1n) is 5.36. The lowest BCUT2D eigenvalue weighted by molar-refractivity contribution is 0.654. The fraction of sp³-hybridized carbons (Fsp3) is 0.200. The van der Waals surface area contributed by atoms with E-state index in [0.717, 1.165) is 0 Å². The number of fused-ring (bicyclic) bond motifs is 1. The lowest BCUT2D eigenvalue weighted by atomic mass is 9.81. The third kappa shape index (κ3) is 1.51. The van der Waals surface area contributed by atoms with Crippen molar-refractivity contribution in [2.45, 2.75) is 19.3 Å². The van der Waals surface area contributed by atoms with E-state index in [1.165, 1.54) is 22.3 Å². The number of hydrogen-bond acceptors (Lipinski definition) is 0. The van der Waals surface area contributed by atoms with Crippen molar-refractivity contribution in [1.29, 1.82) is 0 Å². The van der Waals surface area contributed by atoms with E-state index in [1.54, 1.807) is 0 Å². The highest BCUT2D eigenvalue weighted by atomic mass is 79.9. The van der Waals surface area contributed by atoms with Crippen LogP contribution in [0.5, 0.6) is 0 Å². The van der Waals surface area contributed by atoms with Crippen molar-refractivity contribution in [3.05, 3.63) is 64.7 Å². The maximum absolute atomic E-state index is 3.93. The van der Waals surface area contributed by atoms with Gasteiger partial charge in [-0.3, -0.25) is 0 Å². The third-order valence-corrected chi connectivity index (χ3v) is 3.55. The average molecular weight is 275 g/mol. The Morgan fingerprint density at radius 3 is 2.56 bits per heavy atom. The van der Waals surface area contributed by atoms with Crippen molar-refractivity contribution in [1.82, 2.24) is 0 Å². The molecule has 0 bridgehead atoms. The highest BCUT2D eigenvalue weighted by Crippen LogP contribution is 2.46. The molecule has 1 aliphatic rings. The minimum Gasteiger partial charge on any atom is -0.0984 e. The van der Waals surface area contributed by atoms with Crippen molar-refractivity contribution in [3.63, 3.8) is 0 Å². The lowest BCUT2D eigenvalue weighted by Gasteiger charge is -2.22. The van der Waals surface area contributed by atoms with Gasteiger partial charge in [-0.05, 0) is 27.3 Å². The second-order valence-electron chi connectivity index (χ2n) is 4.49. The van der Waals surface area contributed by atoms with Gasteiger partial charge in [0.15, 0.2) is 0 Å². The Labute approximate surface area is 106 Å². The molecule has 82 valence electrons. The van der Waals surface area contributed by atoms with Crippen LogP contribution >= 0.6 is 15.9 Å². The van der Waals surface area contributed by atoms with E-state index in [0.29, 0.717) is 0 Å². The summed E-state index contributed by atoms with van der Waals surface area (Å²) in [6.45, 7) is 8.44. The first kappa shape index (κ1) is 11.4. The van der Waals surface area contributed by atoms with Crippen LogP contribution in [0.15, 0.2) is 53.6 Å². The second kappa shape index (κ2) is 4.06. The SMILES string of the molecule is C=CC1=C(/C=C/Br)C(C)(C)c2ccccc21. The van der Waals surface area contributed by atoms with Crippen LogP contribution in [0.25, 0.3) is 5.57 Å². The summed E-state index contributed by atoms with van der Waals surface area (Å²) in [4.78, 5) is 1.92. The minimum atomic E-state index is 0.0599. The van der Waals surface area contributed by atoms with Gasteiger partial charge in [-0.2, -0.15) is 0 Å². The topological polar surface area (TPSA) is 0 Å². The summed E-state index contributed by atoms with van der Waals surface area (Å²) in [5.74, 6) is 0. The summed E-state index contributed by atoms with van der Waals surface area (Å²) < 4.78 is 0. The van der Waals surface area contributed by atoms with Crippen molar-refractivity contribution in [2.75, 3.05) is 0 Å². The maximum Gasteiger partial charge on any atom is 0.0159 e. The summed E-state index contributed by atoms with van der Waals surface area (Å²) in [6, 6.07) is 8.55. The highest BCUT2D eigenvalue weighted by Gasteiger charge is 2.34. The fourth-order valence-electron chi connectivity index (χ4n) is 2.47.